The summed E-state index contributed by atoms with van der Waals surface area (Å²) in [6.07, 6.45) is 1.04. The van der Waals surface area contributed by atoms with Gasteiger partial charge in [0.25, 0.3) is 0 Å². The van der Waals surface area contributed by atoms with Crippen molar-refractivity contribution in [1.82, 2.24) is 0 Å². The number of nitriles is 1. The molecule has 136 valence electrons. The van der Waals surface area contributed by atoms with Crippen LogP contribution in [0.5, 0.6) is 0 Å². The Morgan fingerprint density at radius 2 is 1.69 bits per heavy atom. The van der Waals surface area contributed by atoms with Gasteiger partial charge in [-0.3, -0.25) is 9.10 Å². The van der Waals surface area contributed by atoms with Crippen molar-refractivity contribution in [3.05, 3.63) is 60.2 Å². The van der Waals surface area contributed by atoms with E-state index in [1.807, 2.05) is 38.1 Å². The molecular formula is C19H21N3O3S. The molecule has 7 heteroatoms. The highest BCUT2D eigenvalue weighted by Gasteiger charge is 2.26. The molecule has 0 N–H and O–H groups in total. The molecule has 0 unspecified atom stereocenters. The molecule has 26 heavy (non-hydrogen) atoms. The van der Waals surface area contributed by atoms with Crippen LogP contribution in [0.4, 0.5) is 11.4 Å². The zero-order valence-corrected chi connectivity index (χ0v) is 15.8. The van der Waals surface area contributed by atoms with Crippen molar-refractivity contribution in [1.29, 1.82) is 5.26 Å². The van der Waals surface area contributed by atoms with E-state index < -0.39 is 10.0 Å². The molecule has 0 saturated heterocycles. The molecule has 2 rings (SSSR count). The van der Waals surface area contributed by atoms with Gasteiger partial charge in [0.05, 0.1) is 23.6 Å². The van der Waals surface area contributed by atoms with Crippen molar-refractivity contribution in [3.63, 3.8) is 0 Å². The molecule has 0 atom stereocenters. The molecule has 6 nitrogen and oxygen atoms in total. The highest BCUT2D eigenvalue weighted by atomic mass is 32.2. The molecule has 0 spiro atoms. The van der Waals surface area contributed by atoms with Gasteiger partial charge in [-0.05, 0) is 44.2 Å². The number of nitrogens with zero attached hydrogens (tertiary/aromatic N) is 3. The third-order valence-corrected chi connectivity index (χ3v) is 4.90. The number of hydrogen-bond donors (Lipinski definition) is 0. The fourth-order valence-corrected chi connectivity index (χ4v) is 3.49. The summed E-state index contributed by atoms with van der Waals surface area (Å²) in [7, 11) is -3.70. The second-order valence-corrected chi connectivity index (χ2v) is 8.03. The zero-order valence-electron chi connectivity index (χ0n) is 15.0. The summed E-state index contributed by atoms with van der Waals surface area (Å²) in [6, 6.07) is 17.1. The maximum Gasteiger partial charge on any atom is 0.247 e. The second kappa shape index (κ2) is 8.02. The van der Waals surface area contributed by atoms with Gasteiger partial charge in [0.15, 0.2) is 0 Å². The van der Waals surface area contributed by atoms with Crippen LogP contribution in [0.3, 0.4) is 0 Å². The minimum atomic E-state index is -3.70. The van der Waals surface area contributed by atoms with Crippen LogP contribution in [0.1, 0.15) is 19.4 Å². The summed E-state index contributed by atoms with van der Waals surface area (Å²) in [6.45, 7) is 3.39. The van der Waals surface area contributed by atoms with Gasteiger partial charge < -0.3 is 4.90 Å². The molecule has 2 aromatic rings. The molecular weight excluding hydrogens is 350 g/mol. The Morgan fingerprint density at radius 1 is 1.08 bits per heavy atom. The van der Waals surface area contributed by atoms with Crippen LogP contribution in [0.2, 0.25) is 0 Å². The molecule has 0 bridgehead atoms. The lowest BCUT2D eigenvalue weighted by atomic mass is 10.2. The third-order valence-electron chi connectivity index (χ3n) is 3.76. The number of anilines is 2. The average Bonchev–Trinajstić information content (AvgIpc) is 2.59. The number of amides is 1. The predicted molar refractivity (Wildman–Crippen MR) is 102 cm³/mol. The van der Waals surface area contributed by atoms with Crippen LogP contribution in [0, 0.1) is 11.3 Å². The van der Waals surface area contributed by atoms with Crippen molar-refractivity contribution in [2.75, 3.05) is 22.0 Å². The van der Waals surface area contributed by atoms with E-state index in [0.29, 0.717) is 11.3 Å². The van der Waals surface area contributed by atoms with Crippen molar-refractivity contribution >= 4 is 27.3 Å². The molecule has 0 radical (unpaired) electrons. The Morgan fingerprint density at radius 3 is 2.23 bits per heavy atom. The van der Waals surface area contributed by atoms with Crippen molar-refractivity contribution in [3.8, 4) is 6.07 Å². The Bertz CT molecular complexity index is 919. The van der Waals surface area contributed by atoms with Crippen LogP contribution in [-0.4, -0.2) is 33.2 Å². The van der Waals surface area contributed by atoms with E-state index in [2.05, 4.69) is 0 Å². The molecule has 0 aromatic heterocycles. The van der Waals surface area contributed by atoms with Crippen LogP contribution in [-0.2, 0) is 14.8 Å². The fourth-order valence-electron chi connectivity index (χ4n) is 2.65. The van der Waals surface area contributed by atoms with Gasteiger partial charge in [0.2, 0.25) is 15.9 Å². The highest BCUT2D eigenvalue weighted by Crippen LogP contribution is 2.22. The molecule has 0 heterocycles. The third kappa shape index (κ3) is 4.61. The Balaban J connectivity index is 2.39. The summed E-state index contributed by atoms with van der Waals surface area (Å²) in [5.74, 6) is -0.348. The number of benzene rings is 2. The van der Waals surface area contributed by atoms with Gasteiger partial charge in [-0.1, -0.05) is 24.3 Å². The quantitative estimate of drug-likeness (QED) is 0.782. The van der Waals surface area contributed by atoms with E-state index in [9.17, 15) is 13.2 Å². The summed E-state index contributed by atoms with van der Waals surface area (Å²) in [5, 5.41) is 9.05. The first-order chi connectivity index (χ1) is 12.2. The van der Waals surface area contributed by atoms with Crippen molar-refractivity contribution in [2.45, 2.75) is 19.9 Å². The van der Waals surface area contributed by atoms with E-state index >= 15 is 0 Å². The maximum atomic E-state index is 12.9. The molecule has 0 saturated carbocycles. The standard InChI is InChI=1S/C19H21N3O3S/c1-15(2)22(17-9-5-4-6-10-17)19(23)14-21(26(3,24)25)18-11-7-8-16(12-18)13-20/h4-12,15H,14H2,1-3H3. The first-order valence-corrected chi connectivity index (χ1v) is 9.94. The summed E-state index contributed by atoms with van der Waals surface area (Å²) in [4.78, 5) is 14.5. The maximum absolute atomic E-state index is 12.9. The predicted octanol–water partition coefficient (Wildman–Crippen LogP) is 2.77. The topological polar surface area (TPSA) is 81.5 Å². The van der Waals surface area contributed by atoms with Gasteiger partial charge in [0.1, 0.15) is 6.54 Å². The molecule has 0 aliphatic carbocycles. The molecule has 0 aliphatic rings. The minimum absolute atomic E-state index is 0.142. The number of hydrogen-bond acceptors (Lipinski definition) is 4. The first-order valence-electron chi connectivity index (χ1n) is 8.09. The van der Waals surface area contributed by atoms with Gasteiger partial charge in [-0.25, -0.2) is 8.42 Å². The summed E-state index contributed by atoms with van der Waals surface area (Å²) < 4.78 is 25.6. The molecule has 2 aromatic carbocycles. The first kappa shape index (κ1) is 19.5. The fraction of sp³-hybridized carbons (Fsp3) is 0.263. The SMILES string of the molecule is CC(C)N(C(=O)CN(c1cccc(C#N)c1)S(C)(=O)=O)c1ccccc1. The van der Waals surface area contributed by atoms with Gasteiger partial charge in [-0.15, -0.1) is 0 Å². The largest absolute Gasteiger partial charge is 0.308 e. The highest BCUT2D eigenvalue weighted by molar-refractivity contribution is 7.92. The lowest BCUT2D eigenvalue weighted by Gasteiger charge is -2.30. The van der Waals surface area contributed by atoms with E-state index in [0.717, 1.165) is 10.6 Å². The number of para-hydroxylation sites is 1. The zero-order chi connectivity index (χ0) is 19.3. The monoisotopic (exact) mass is 371 g/mol. The minimum Gasteiger partial charge on any atom is -0.308 e. The van der Waals surface area contributed by atoms with Gasteiger partial charge >= 0.3 is 0 Å². The van der Waals surface area contributed by atoms with E-state index in [1.165, 1.54) is 6.07 Å². The lowest BCUT2D eigenvalue weighted by molar-refractivity contribution is -0.117. The Hall–Kier alpha value is -2.85. The Kier molecular flexibility index (Phi) is 6.01. The molecule has 1 amide bonds. The normalized spacial score (nSPS) is 11.0. The van der Waals surface area contributed by atoms with Crippen molar-refractivity contribution in [2.24, 2.45) is 0 Å². The number of sulfonamides is 1. The lowest BCUT2D eigenvalue weighted by Crippen LogP contribution is -2.45. The Labute approximate surface area is 154 Å². The molecule has 0 aliphatic heterocycles. The van der Waals surface area contributed by atoms with Crippen LogP contribution >= 0.6 is 0 Å². The summed E-state index contributed by atoms with van der Waals surface area (Å²) >= 11 is 0. The van der Waals surface area contributed by atoms with Crippen molar-refractivity contribution < 1.29 is 13.2 Å². The van der Waals surface area contributed by atoms with Crippen LogP contribution in [0.25, 0.3) is 0 Å². The smallest absolute Gasteiger partial charge is 0.247 e. The number of rotatable bonds is 6. The van der Waals surface area contributed by atoms with Crippen LogP contribution in [0.15, 0.2) is 54.6 Å². The van der Waals surface area contributed by atoms with E-state index in [1.54, 1.807) is 35.2 Å². The molecule has 0 fully saturated rings. The average molecular weight is 371 g/mol. The number of carbonyl (C=O) groups is 1. The van der Waals surface area contributed by atoms with Crippen LogP contribution < -0.4 is 9.21 Å². The number of carbonyl (C=O) groups excluding carboxylic acids is 1. The second-order valence-electron chi connectivity index (χ2n) is 6.12. The van der Waals surface area contributed by atoms with E-state index in [-0.39, 0.29) is 24.2 Å². The van der Waals surface area contributed by atoms with E-state index in [4.69, 9.17) is 5.26 Å². The van der Waals surface area contributed by atoms with Gasteiger partial charge in [0, 0.05) is 11.7 Å². The summed E-state index contributed by atoms with van der Waals surface area (Å²) in [5.41, 5.74) is 1.32. The van der Waals surface area contributed by atoms with Gasteiger partial charge in [-0.2, -0.15) is 5.26 Å².